The first-order valence-electron chi connectivity index (χ1n) is 8.00. The quantitative estimate of drug-likeness (QED) is 0.671. The van der Waals surface area contributed by atoms with Gasteiger partial charge in [0.2, 0.25) is 10.0 Å². The van der Waals surface area contributed by atoms with Crippen molar-refractivity contribution in [3.8, 4) is 5.75 Å². The number of hydrogen-bond donors (Lipinski definition) is 1. The van der Waals surface area contributed by atoms with Gasteiger partial charge in [0, 0.05) is 12.7 Å². The lowest BCUT2D eigenvalue weighted by molar-refractivity contribution is 0.301. The monoisotopic (exact) mass is 390 g/mol. The van der Waals surface area contributed by atoms with E-state index in [9.17, 15) is 17.2 Å². The molecular weight excluding hydrogens is 374 g/mol. The maximum atomic E-state index is 13.2. The van der Waals surface area contributed by atoms with Gasteiger partial charge in [0.25, 0.3) is 0 Å². The summed E-state index contributed by atoms with van der Waals surface area (Å²) in [7, 11) is -3.95. The van der Waals surface area contributed by atoms with E-state index in [2.05, 4.69) is 9.71 Å². The molecule has 0 bridgehead atoms. The van der Waals surface area contributed by atoms with Crippen molar-refractivity contribution in [2.75, 3.05) is 0 Å². The molecule has 0 fully saturated rings. The molecule has 0 aliphatic rings. The third-order valence-corrected chi connectivity index (χ3v) is 5.10. The predicted octanol–water partition coefficient (Wildman–Crippen LogP) is 3.42. The maximum Gasteiger partial charge on any atom is 0.240 e. The number of pyridine rings is 1. The van der Waals surface area contributed by atoms with Gasteiger partial charge < -0.3 is 4.74 Å². The summed E-state index contributed by atoms with van der Waals surface area (Å²) in [6.45, 7) is 0.324. The van der Waals surface area contributed by atoms with Crippen LogP contribution < -0.4 is 9.46 Å². The molecule has 27 heavy (non-hydrogen) atoms. The Balaban J connectivity index is 1.58. The number of ether oxygens (including phenoxy) is 1. The summed E-state index contributed by atoms with van der Waals surface area (Å²) in [5, 5.41) is 0. The Morgan fingerprint density at radius 2 is 1.74 bits per heavy atom. The number of halogens is 2. The van der Waals surface area contributed by atoms with Gasteiger partial charge in [0.05, 0.1) is 10.6 Å². The third-order valence-electron chi connectivity index (χ3n) is 3.70. The molecule has 140 valence electrons. The van der Waals surface area contributed by atoms with Gasteiger partial charge in [0.15, 0.2) is 11.6 Å². The maximum absolute atomic E-state index is 13.2. The average Bonchev–Trinajstić information content (AvgIpc) is 2.68. The zero-order valence-corrected chi connectivity index (χ0v) is 14.9. The minimum atomic E-state index is -3.95. The average molecular weight is 390 g/mol. The van der Waals surface area contributed by atoms with E-state index in [-0.39, 0.29) is 11.4 Å². The van der Waals surface area contributed by atoms with Crippen molar-refractivity contribution < 1.29 is 21.9 Å². The summed E-state index contributed by atoms with van der Waals surface area (Å²) in [4.78, 5) is 3.82. The van der Waals surface area contributed by atoms with Crippen LogP contribution in [0.25, 0.3) is 0 Å². The van der Waals surface area contributed by atoms with Gasteiger partial charge in [-0.1, -0.05) is 18.2 Å². The van der Waals surface area contributed by atoms with Crippen LogP contribution in [0.2, 0.25) is 0 Å². The summed E-state index contributed by atoms with van der Waals surface area (Å²) >= 11 is 0. The summed E-state index contributed by atoms with van der Waals surface area (Å²) in [6, 6.07) is 14.8. The lowest BCUT2D eigenvalue weighted by Crippen LogP contribution is -2.23. The summed E-state index contributed by atoms with van der Waals surface area (Å²) < 4.78 is 58.5. The zero-order chi connectivity index (χ0) is 19.3. The normalized spacial score (nSPS) is 11.3. The molecule has 0 aliphatic heterocycles. The molecule has 0 aliphatic carbocycles. The fourth-order valence-electron chi connectivity index (χ4n) is 2.25. The van der Waals surface area contributed by atoms with Crippen molar-refractivity contribution in [3.63, 3.8) is 0 Å². The van der Waals surface area contributed by atoms with Gasteiger partial charge in [-0.15, -0.1) is 0 Å². The summed E-state index contributed by atoms with van der Waals surface area (Å²) in [5.74, 6) is -1.70. The van der Waals surface area contributed by atoms with Crippen LogP contribution in [0.15, 0.2) is 71.8 Å². The highest BCUT2D eigenvalue weighted by atomic mass is 32.2. The molecule has 5 nitrogen and oxygen atoms in total. The lowest BCUT2D eigenvalue weighted by Gasteiger charge is -2.09. The Labute approximate surface area is 155 Å². The Morgan fingerprint density at radius 3 is 2.41 bits per heavy atom. The van der Waals surface area contributed by atoms with Crippen LogP contribution in [0.3, 0.4) is 0 Å². The van der Waals surface area contributed by atoms with E-state index in [0.29, 0.717) is 24.0 Å². The SMILES string of the molecule is O=S(=O)(NCc1ccc(OCc2ccccn2)cc1)c1ccc(F)c(F)c1. The number of rotatable bonds is 7. The Bertz CT molecular complexity index is 1010. The van der Waals surface area contributed by atoms with Gasteiger partial charge in [-0.25, -0.2) is 21.9 Å². The van der Waals surface area contributed by atoms with E-state index in [1.807, 2.05) is 18.2 Å². The zero-order valence-electron chi connectivity index (χ0n) is 14.1. The number of nitrogens with zero attached hydrogens (tertiary/aromatic N) is 1. The molecule has 3 aromatic rings. The van der Waals surface area contributed by atoms with Crippen LogP contribution in [-0.4, -0.2) is 13.4 Å². The Kier molecular flexibility index (Phi) is 5.78. The molecule has 2 aromatic carbocycles. The molecule has 3 rings (SSSR count). The lowest BCUT2D eigenvalue weighted by atomic mass is 10.2. The molecule has 1 heterocycles. The molecule has 1 aromatic heterocycles. The van der Waals surface area contributed by atoms with Crippen LogP contribution in [0.5, 0.6) is 5.75 Å². The van der Waals surface area contributed by atoms with E-state index in [0.717, 1.165) is 17.8 Å². The molecule has 0 spiro atoms. The van der Waals surface area contributed by atoms with Crippen molar-refractivity contribution in [1.82, 2.24) is 9.71 Å². The minimum Gasteiger partial charge on any atom is -0.487 e. The van der Waals surface area contributed by atoms with Crippen LogP contribution in [0.1, 0.15) is 11.3 Å². The molecule has 0 unspecified atom stereocenters. The molecule has 0 atom stereocenters. The highest BCUT2D eigenvalue weighted by molar-refractivity contribution is 7.89. The van der Waals surface area contributed by atoms with E-state index < -0.39 is 21.7 Å². The van der Waals surface area contributed by atoms with Gasteiger partial charge in [-0.05, 0) is 48.0 Å². The van der Waals surface area contributed by atoms with Crippen molar-refractivity contribution >= 4 is 10.0 Å². The van der Waals surface area contributed by atoms with Crippen LogP contribution >= 0.6 is 0 Å². The second-order valence-electron chi connectivity index (χ2n) is 5.65. The van der Waals surface area contributed by atoms with Gasteiger partial charge in [-0.2, -0.15) is 0 Å². The second kappa shape index (κ2) is 8.24. The second-order valence-corrected chi connectivity index (χ2v) is 7.42. The third kappa shape index (κ3) is 5.08. The van der Waals surface area contributed by atoms with E-state index in [1.165, 1.54) is 0 Å². The molecular formula is C19H16F2N2O3S. The number of sulfonamides is 1. The van der Waals surface area contributed by atoms with E-state index >= 15 is 0 Å². The molecule has 0 amide bonds. The van der Waals surface area contributed by atoms with Crippen LogP contribution in [-0.2, 0) is 23.2 Å². The first-order valence-corrected chi connectivity index (χ1v) is 9.49. The number of benzene rings is 2. The number of hydrogen-bond acceptors (Lipinski definition) is 4. The number of nitrogens with one attached hydrogen (secondary N) is 1. The predicted molar refractivity (Wildman–Crippen MR) is 95.4 cm³/mol. The van der Waals surface area contributed by atoms with Crippen LogP contribution in [0, 0.1) is 11.6 Å². The summed E-state index contributed by atoms with van der Waals surface area (Å²) in [5.41, 5.74) is 1.48. The number of aromatic nitrogens is 1. The van der Waals surface area contributed by atoms with Crippen molar-refractivity contribution in [2.24, 2.45) is 0 Å². The first kappa shape index (κ1) is 18.9. The molecule has 1 N–H and O–H groups in total. The van der Waals surface area contributed by atoms with Crippen molar-refractivity contribution in [3.05, 3.63) is 89.8 Å². The van der Waals surface area contributed by atoms with Crippen LogP contribution in [0.4, 0.5) is 8.78 Å². The molecule has 8 heteroatoms. The summed E-state index contributed by atoms with van der Waals surface area (Å²) in [6.07, 6.45) is 1.68. The fraction of sp³-hybridized carbons (Fsp3) is 0.105. The first-order chi connectivity index (χ1) is 12.9. The molecule has 0 radical (unpaired) electrons. The Hall–Kier alpha value is -2.84. The van der Waals surface area contributed by atoms with E-state index in [1.54, 1.807) is 30.5 Å². The van der Waals surface area contributed by atoms with Gasteiger partial charge in [0.1, 0.15) is 12.4 Å². The smallest absolute Gasteiger partial charge is 0.240 e. The van der Waals surface area contributed by atoms with Gasteiger partial charge >= 0.3 is 0 Å². The minimum absolute atomic E-state index is 0.00183. The Morgan fingerprint density at radius 1 is 0.963 bits per heavy atom. The van der Waals surface area contributed by atoms with Crippen molar-refractivity contribution in [1.29, 1.82) is 0 Å². The highest BCUT2D eigenvalue weighted by Gasteiger charge is 2.16. The topological polar surface area (TPSA) is 68.3 Å². The van der Waals surface area contributed by atoms with Gasteiger partial charge in [-0.3, -0.25) is 4.98 Å². The standard InChI is InChI=1S/C19H16F2N2O3S/c20-18-9-8-17(11-19(18)21)27(24,25)23-12-14-4-6-16(7-5-14)26-13-15-3-1-2-10-22-15/h1-11,23H,12-13H2. The van der Waals surface area contributed by atoms with Crippen molar-refractivity contribution in [2.45, 2.75) is 18.0 Å². The molecule has 0 saturated heterocycles. The fourth-order valence-corrected chi connectivity index (χ4v) is 3.28. The largest absolute Gasteiger partial charge is 0.487 e. The molecule has 0 saturated carbocycles. The van der Waals surface area contributed by atoms with E-state index in [4.69, 9.17) is 4.74 Å². The highest BCUT2D eigenvalue weighted by Crippen LogP contribution is 2.16.